The van der Waals surface area contributed by atoms with Crippen LogP contribution in [0, 0.1) is 0 Å². The van der Waals surface area contributed by atoms with E-state index < -0.39 is 5.91 Å². The summed E-state index contributed by atoms with van der Waals surface area (Å²) in [6.07, 6.45) is 2.18. The highest BCUT2D eigenvalue weighted by atomic mass is 32.1. The third-order valence-electron chi connectivity index (χ3n) is 4.58. The monoisotopic (exact) mass is 371 g/mol. The number of primary amides is 1. The number of carbonyl (C=O) groups is 1. The van der Waals surface area contributed by atoms with Crippen LogP contribution in [0.15, 0.2) is 46.8 Å². The lowest BCUT2D eigenvalue weighted by Gasteiger charge is -2.33. The molecule has 4 N–H and O–H groups in total. The molecule has 2 aromatic rings. The SMILES string of the molecule is CN=C(NCc1ccc(C(N)=O)cc1)NC1CCN(c2cccs2)CC1. The summed E-state index contributed by atoms with van der Waals surface area (Å²) in [5, 5.41) is 10.3. The Kier molecular flexibility index (Phi) is 6.12. The first kappa shape index (κ1) is 18.3. The van der Waals surface area contributed by atoms with Gasteiger partial charge in [-0.15, -0.1) is 11.3 Å². The summed E-state index contributed by atoms with van der Waals surface area (Å²) in [5.41, 5.74) is 6.86. The molecule has 26 heavy (non-hydrogen) atoms. The average Bonchev–Trinajstić information content (AvgIpc) is 3.20. The lowest BCUT2D eigenvalue weighted by molar-refractivity contribution is 0.100. The van der Waals surface area contributed by atoms with Gasteiger partial charge in [-0.1, -0.05) is 12.1 Å². The van der Waals surface area contributed by atoms with Gasteiger partial charge >= 0.3 is 0 Å². The van der Waals surface area contributed by atoms with Crippen molar-refractivity contribution < 1.29 is 4.79 Å². The number of benzene rings is 1. The number of thiophene rings is 1. The normalized spacial score (nSPS) is 15.7. The van der Waals surface area contributed by atoms with Crippen LogP contribution in [0.3, 0.4) is 0 Å². The minimum absolute atomic E-state index is 0.407. The molecular weight excluding hydrogens is 346 g/mol. The molecular formula is C19H25N5OS. The van der Waals surface area contributed by atoms with E-state index in [2.05, 4.69) is 38.0 Å². The molecule has 0 aliphatic carbocycles. The Hall–Kier alpha value is -2.54. The topological polar surface area (TPSA) is 82.7 Å². The Bertz CT molecular complexity index is 734. The number of carbonyl (C=O) groups excluding carboxylic acids is 1. The first-order valence-electron chi connectivity index (χ1n) is 8.80. The fourth-order valence-electron chi connectivity index (χ4n) is 3.05. The Balaban J connectivity index is 1.45. The van der Waals surface area contributed by atoms with Crippen molar-refractivity contribution in [3.8, 4) is 0 Å². The van der Waals surface area contributed by atoms with Crippen molar-refractivity contribution in [2.75, 3.05) is 25.0 Å². The molecule has 3 rings (SSSR count). The molecule has 1 aromatic carbocycles. The Morgan fingerprint density at radius 1 is 1.27 bits per heavy atom. The summed E-state index contributed by atoms with van der Waals surface area (Å²) in [6, 6.07) is 12.0. The maximum Gasteiger partial charge on any atom is 0.248 e. The third kappa shape index (κ3) is 4.76. The zero-order chi connectivity index (χ0) is 18.4. The number of piperidine rings is 1. The predicted octanol–water partition coefficient (Wildman–Crippen LogP) is 2.18. The lowest BCUT2D eigenvalue weighted by Crippen LogP contribution is -2.48. The van der Waals surface area contributed by atoms with Gasteiger partial charge in [-0.25, -0.2) is 0 Å². The summed E-state index contributed by atoms with van der Waals surface area (Å²) in [7, 11) is 1.78. The van der Waals surface area contributed by atoms with E-state index in [1.54, 1.807) is 30.5 Å². The summed E-state index contributed by atoms with van der Waals surface area (Å²) in [4.78, 5) is 17.9. The second-order valence-corrected chi connectivity index (χ2v) is 7.27. The van der Waals surface area contributed by atoms with Gasteiger partial charge in [0.25, 0.3) is 0 Å². The van der Waals surface area contributed by atoms with Crippen LogP contribution in [0.25, 0.3) is 0 Å². The molecule has 0 atom stereocenters. The Labute approximate surface area is 158 Å². The van der Waals surface area contributed by atoms with Crippen molar-refractivity contribution in [3.63, 3.8) is 0 Å². The lowest BCUT2D eigenvalue weighted by atomic mass is 10.1. The van der Waals surface area contributed by atoms with Gasteiger partial charge in [-0.3, -0.25) is 9.79 Å². The predicted molar refractivity (Wildman–Crippen MR) is 108 cm³/mol. The molecule has 1 aliphatic rings. The molecule has 0 bridgehead atoms. The van der Waals surface area contributed by atoms with Crippen LogP contribution in [-0.2, 0) is 6.54 Å². The number of hydrogen-bond donors (Lipinski definition) is 3. The first-order chi connectivity index (χ1) is 12.7. The smallest absolute Gasteiger partial charge is 0.248 e. The van der Waals surface area contributed by atoms with Crippen LogP contribution in [0.5, 0.6) is 0 Å². The van der Waals surface area contributed by atoms with Gasteiger partial charge in [-0.05, 0) is 48.1 Å². The minimum Gasteiger partial charge on any atom is -0.366 e. The van der Waals surface area contributed by atoms with E-state index in [-0.39, 0.29) is 0 Å². The molecule has 1 amide bonds. The molecule has 0 saturated carbocycles. The van der Waals surface area contributed by atoms with Crippen molar-refractivity contribution >= 4 is 28.2 Å². The van der Waals surface area contributed by atoms with Crippen molar-refractivity contribution in [3.05, 3.63) is 52.9 Å². The zero-order valence-corrected chi connectivity index (χ0v) is 15.8. The second-order valence-electron chi connectivity index (χ2n) is 6.34. The number of rotatable bonds is 5. The number of nitrogens with one attached hydrogen (secondary N) is 2. The van der Waals surface area contributed by atoms with Crippen LogP contribution >= 0.6 is 11.3 Å². The molecule has 1 fully saturated rings. The number of anilines is 1. The highest BCUT2D eigenvalue weighted by Gasteiger charge is 2.20. The molecule has 0 radical (unpaired) electrons. The standard InChI is InChI=1S/C19H25N5OS/c1-21-19(22-13-14-4-6-15(7-5-14)18(20)25)23-16-8-10-24(11-9-16)17-3-2-12-26-17/h2-7,12,16H,8-11,13H2,1H3,(H2,20,25)(H2,21,22,23). The van der Waals surface area contributed by atoms with Gasteiger partial charge in [0.05, 0.1) is 5.00 Å². The van der Waals surface area contributed by atoms with E-state index in [1.165, 1.54) is 5.00 Å². The van der Waals surface area contributed by atoms with Crippen molar-refractivity contribution in [1.82, 2.24) is 10.6 Å². The van der Waals surface area contributed by atoms with Crippen molar-refractivity contribution in [1.29, 1.82) is 0 Å². The zero-order valence-electron chi connectivity index (χ0n) is 14.9. The fourth-order valence-corrected chi connectivity index (χ4v) is 3.84. The van der Waals surface area contributed by atoms with Gasteiger partial charge < -0.3 is 21.3 Å². The maximum absolute atomic E-state index is 11.1. The van der Waals surface area contributed by atoms with Gasteiger partial charge in [0.2, 0.25) is 5.91 Å². The van der Waals surface area contributed by atoms with Crippen LogP contribution < -0.4 is 21.3 Å². The Morgan fingerprint density at radius 2 is 2.00 bits per heavy atom. The number of nitrogens with two attached hydrogens (primary N) is 1. The van der Waals surface area contributed by atoms with Gasteiger partial charge in [0, 0.05) is 38.3 Å². The van der Waals surface area contributed by atoms with Gasteiger partial charge in [0.15, 0.2) is 5.96 Å². The van der Waals surface area contributed by atoms with E-state index >= 15 is 0 Å². The quantitative estimate of drug-likeness (QED) is 0.556. The van der Waals surface area contributed by atoms with E-state index in [1.807, 2.05) is 12.1 Å². The number of guanidine groups is 1. The van der Waals surface area contributed by atoms with E-state index in [4.69, 9.17) is 5.73 Å². The highest BCUT2D eigenvalue weighted by molar-refractivity contribution is 7.14. The summed E-state index contributed by atoms with van der Waals surface area (Å²) in [6.45, 7) is 2.76. The van der Waals surface area contributed by atoms with Crippen molar-refractivity contribution in [2.45, 2.75) is 25.4 Å². The maximum atomic E-state index is 11.1. The molecule has 0 spiro atoms. The first-order valence-corrected chi connectivity index (χ1v) is 9.68. The van der Waals surface area contributed by atoms with Crippen molar-refractivity contribution in [2.24, 2.45) is 10.7 Å². The average molecular weight is 372 g/mol. The van der Waals surface area contributed by atoms with Gasteiger partial charge in [0.1, 0.15) is 0 Å². The molecule has 2 heterocycles. The molecule has 1 aliphatic heterocycles. The second kappa shape index (κ2) is 8.71. The largest absolute Gasteiger partial charge is 0.366 e. The minimum atomic E-state index is -0.407. The van der Waals surface area contributed by atoms with Crippen LogP contribution in [-0.4, -0.2) is 38.0 Å². The van der Waals surface area contributed by atoms with Crippen LogP contribution in [0.2, 0.25) is 0 Å². The van der Waals surface area contributed by atoms with E-state index in [0.717, 1.165) is 37.5 Å². The third-order valence-corrected chi connectivity index (χ3v) is 5.50. The van der Waals surface area contributed by atoms with E-state index in [9.17, 15) is 4.79 Å². The molecule has 6 nitrogen and oxygen atoms in total. The van der Waals surface area contributed by atoms with Gasteiger partial charge in [-0.2, -0.15) is 0 Å². The molecule has 1 aromatic heterocycles. The number of aliphatic imine (C=N–C) groups is 1. The summed E-state index contributed by atoms with van der Waals surface area (Å²) >= 11 is 1.80. The Morgan fingerprint density at radius 3 is 2.58 bits per heavy atom. The number of amides is 1. The summed E-state index contributed by atoms with van der Waals surface area (Å²) < 4.78 is 0. The van der Waals surface area contributed by atoms with Crippen LogP contribution in [0.1, 0.15) is 28.8 Å². The molecule has 7 heteroatoms. The fraction of sp³-hybridized carbons (Fsp3) is 0.368. The molecule has 138 valence electrons. The number of nitrogens with zero attached hydrogens (tertiary/aromatic N) is 2. The van der Waals surface area contributed by atoms with E-state index in [0.29, 0.717) is 18.2 Å². The van der Waals surface area contributed by atoms with Crippen LogP contribution in [0.4, 0.5) is 5.00 Å². The number of hydrogen-bond acceptors (Lipinski definition) is 4. The molecule has 1 saturated heterocycles. The summed E-state index contributed by atoms with van der Waals surface area (Å²) in [5.74, 6) is 0.398. The highest BCUT2D eigenvalue weighted by Crippen LogP contribution is 2.24. The molecule has 0 unspecified atom stereocenters.